The lowest BCUT2D eigenvalue weighted by molar-refractivity contribution is -0.125. The van der Waals surface area contributed by atoms with Gasteiger partial charge in [-0.3, -0.25) is 9.59 Å². The third-order valence-corrected chi connectivity index (χ3v) is 9.15. The van der Waals surface area contributed by atoms with Crippen molar-refractivity contribution in [1.29, 1.82) is 10.5 Å². The van der Waals surface area contributed by atoms with Crippen LogP contribution in [-0.4, -0.2) is 11.8 Å². The maximum atomic E-state index is 14.9. The maximum Gasteiger partial charge on any atom is 0.242 e. The number of hydrogen-bond acceptors (Lipinski definition) is 4. The lowest BCUT2D eigenvalue weighted by atomic mass is 9.82. The van der Waals surface area contributed by atoms with Gasteiger partial charge >= 0.3 is 0 Å². The van der Waals surface area contributed by atoms with E-state index in [1.54, 1.807) is 9.80 Å². The van der Waals surface area contributed by atoms with Crippen LogP contribution in [0.4, 0.5) is 11.4 Å². The Morgan fingerprint density at radius 1 is 0.610 bits per heavy atom. The van der Waals surface area contributed by atoms with Crippen LogP contribution in [0.1, 0.15) is 33.4 Å². The molecule has 0 radical (unpaired) electrons. The van der Waals surface area contributed by atoms with Crippen LogP contribution < -0.4 is 9.80 Å². The van der Waals surface area contributed by atoms with Crippen molar-refractivity contribution in [2.45, 2.75) is 37.8 Å². The minimum atomic E-state index is -1.92. The molecular weight excluding hydrogens is 508 g/mol. The Labute approximate surface area is 238 Å². The molecule has 6 nitrogen and oxygen atoms in total. The van der Waals surface area contributed by atoms with Crippen LogP contribution in [0.25, 0.3) is 0 Å². The molecule has 2 spiro atoms. The third kappa shape index (κ3) is 2.79. The number of benzene rings is 4. The number of nitriles is 2. The van der Waals surface area contributed by atoms with Crippen LogP contribution in [0, 0.1) is 41.9 Å². The van der Waals surface area contributed by atoms with Crippen molar-refractivity contribution in [3.05, 3.63) is 130 Å². The number of hydrogen-bond donors (Lipinski definition) is 0. The number of carbonyl (C=O) groups is 2. The molecule has 0 unspecified atom stereocenters. The summed E-state index contributed by atoms with van der Waals surface area (Å²) < 4.78 is 0. The number of nitrogens with zero attached hydrogens (tertiary/aromatic N) is 4. The molecule has 7 rings (SSSR count). The Hall–Kier alpha value is -5.20. The third-order valence-electron chi connectivity index (χ3n) is 9.15. The fourth-order valence-corrected chi connectivity index (χ4v) is 7.44. The van der Waals surface area contributed by atoms with Crippen molar-refractivity contribution in [2.24, 2.45) is 5.41 Å². The van der Waals surface area contributed by atoms with Crippen LogP contribution in [0.2, 0.25) is 0 Å². The molecule has 198 valence electrons. The molecule has 6 heteroatoms. The van der Waals surface area contributed by atoms with Gasteiger partial charge in [-0.25, -0.2) is 0 Å². The SMILES string of the molecule is Cc1ccc2c(c1)[C@@]1(C(=O)N2Cc2ccccc2)C(C#N)(C#N)[C@@]12C(=O)N(Cc1ccccc1)c1ccc(C)cc12. The average Bonchev–Trinajstić information content (AvgIpc) is 3.38. The first-order chi connectivity index (χ1) is 19.9. The molecule has 2 atom stereocenters. The minimum absolute atomic E-state index is 0.267. The number of carbonyl (C=O) groups excluding carboxylic acids is 2. The highest BCUT2D eigenvalue weighted by Gasteiger charge is 3.00. The van der Waals surface area contributed by atoms with E-state index in [0.717, 1.165) is 22.3 Å². The van der Waals surface area contributed by atoms with Gasteiger partial charge in [0.05, 0.1) is 25.2 Å². The van der Waals surface area contributed by atoms with Crippen LogP contribution in [0.15, 0.2) is 97.1 Å². The van der Waals surface area contributed by atoms with E-state index in [1.165, 1.54) is 0 Å². The predicted octanol–water partition coefficient (Wildman–Crippen LogP) is 5.62. The van der Waals surface area contributed by atoms with Gasteiger partial charge in [0.1, 0.15) is 10.8 Å². The molecule has 0 saturated heterocycles. The highest BCUT2D eigenvalue weighted by Crippen LogP contribution is 2.84. The second-order valence-corrected chi connectivity index (χ2v) is 11.3. The van der Waals surface area contributed by atoms with Gasteiger partial charge in [-0.1, -0.05) is 96.1 Å². The molecule has 1 saturated carbocycles. The van der Waals surface area contributed by atoms with Crippen molar-refractivity contribution in [3.8, 4) is 12.1 Å². The first kappa shape index (κ1) is 24.8. The summed E-state index contributed by atoms with van der Waals surface area (Å²) in [6, 6.07) is 35.2. The smallest absolute Gasteiger partial charge is 0.242 e. The van der Waals surface area contributed by atoms with E-state index in [4.69, 9.17) is 0 Å². The van der Waals surface area contributed by atoms with E-state index in [-0.39, 0.29) is 24.9 Å². The van der Waals surface area contributed by atoms with E-state index in [9.17, 15) is 20.1 Å². The van der Waals surface area contributed by atoms with E-state index in [1.807, 2.05) is 111 Å². The van der Waals surface area contributed by atoms with Gasteiger partial charge in [0.2, 0.25) is 11.8 Å². The van der Waals surface area contributed by atoms with Gasteiger partial charge in [0.15, 0.2) is 5.41 Å². The maximum absolute atomic E-state index is 14.9. The fourth-order valence-electron chi connectivity index (χ4n) is 7.44. The summed E-state index contributed by atoms with van der Waals surface area (Å²) in [5, 5.41) is 21.7. The summed E-state index contributed by atoms with van der Waals surface area (Å²) in [5.41, 5.74) is 0.760. The molecule has 41 heavy (non-hydrogen) atoms. The van der Waals surface area contributed by atoms with Crippen LogP contribution in [0.3, 0.4) is 0 Å². The number of amides is 2. The van der Waals surface area contributed by atoms with Crippen molar-refractivity contribution in [1.82, 2.24) is 0 Å². The molecule has 3 aliphatic rings. The lowest BCUT2D eigenvalue weighted by Gasteiger charge is -2.20. The lowest BCUT2D eigenvalue weighted by Crippen LogP contribution is -2.41. The standard InChI is InChI=1S/C35H26N4O2/c1-23-13-15-29-27(17-23)34(31(40)38(29)19-25-9-5-3-6-10-25)33(21-36,22-37)35(34)28-18-24(2)14-16-30(28)39(32(35)41)20-26-11-7-4-8-12-26/h3-18H,19-20H2,1-2H3/t34-,35-/m1/s1. The van der Waals surface area contributed by atoms with Crippen molar-refractivity contribution >= 4 is 23.2 Å². The van der Waals surface area contributed by atoms with Gasteiger partial charge in [-0.05, 0) is 48.2 Å². The van der Waals surface area contributed by atoms with Crippen LogP contribution in [0.5, 0.6) is 0 Å². The molecule has 4 aromatic rings. The van der Waals surface area contributed by atoms with E-state index < -0.39 is 16.2 Å². The molecule has 0 bridgehead atoms. The van der Waals surface area contributed by atoms with Gasteiger partial charge < -0.3 is 9.80 Å². The van der Waals surface area contributed by atoms with Crippen LogP contribution >= 0.6 is 0 Å². The monoisotopic (exact) mass is 534 g/mol. The Balaban J connectivity index is 1.50. The second-order valence-electron chi connectivity index (χ2n) is 11.3. The van der Waals surface area contributed by atoms with E-state index >= 15 is 0 Å². The van der Waals surface area contributed by atoms with E-state index in [2.05, 4.69) is 12.1 Å². The quantitative estimate of drug-likeness (QED) is 0.340. The number of fused-ring (bicyclic) bond motifs is 5. The van der Waals surface area contributed by atoms with Crippen molar-refractivity contribution < 1.29 is 9.59 Å². The zero-order valence-electron chi connectivity index (χ0n) is 22.8. The molecule has 1 fully saturated rings. The van der Waals surface area contributed by atoms with Crippen molar-refractivity contribution in [3.63, 3.8) is 0 Å². The van der Waals surface area contributed by atoms with Gasteiger partial charge in [-0.15, -0.1) is 0 Å². The minimum Gasteiger partial charge on any atom is -0.307 e. The fraction of sp³-hybridized carbons (Fsp3) is 0.200. The zero-order valence-corrected chi connectivity index (χ0v) is 22.8. The Morgan fingerprint density at radius 2 is 1.00 bits per heavy atom. The molecule has 2 heterocycles. The Bertz CT molecular complexity index is 1720. The highest BCUT2D eigenvalue weighted by molar-refractivity contribution is 6.26. The van der Waals surface area contributed by atoms with Gasteiger partial charge in [0, 0.05) is 11.4 Å². The largest absolute Gasteiger partial charge is 0.307 e. The molecule has 2 amide bonds. The van der Waals surface area contributed by atoms with Crippen LogP contribution in [-0.2, 0) is 33.5 Å². The number of anilines is 2. The first-order valence-corrected chi connectivity index (χ1v) is 13.6. The zero-order chi connectivity index (χ0) is 28.6. The van der Waals surface area contributed by atoms with E-state index in [0.29, 0.717) is 22.5 Å². The summed E-state index contributed by atoms with van der Waals surface area (Å²) in [6.07, 6.45) is 0. The summed E-state index contributed by atoms with van der Waals surface area (Å²) in [5.74, 6) is -0.764. The summed E-state index contributed by atoms with van der Waals surface area (Å²) in [6.45, 7) is 4.38. The molecule has 0 aromatic heterocycles. The molecule has 0 N–H and O–H groups in total. The van der Waals surface area contributed by atoms with Gasteiger partial charge in [-0.2, -0.15) is 10.5 Å². The molecule has 4 aromatic carbocycles. The summed E-state index contributed by atoms with van der Waals surface area (Å²) in [7, 11) is 0. The Kier molecular flexibility index (Phi) is 5.08. The summed E-state index contributed by atoms with van der Waals surface area (Å²) in [4.78, 5) is 33.1. The topological polar surface area (TPSA) is 88.2 Å². The molecular formula is C35H26N4O2. The Morgan fingerprint density at radius 3 is 1.37 bits per heavy atom. The number of rotatable bonds is 4. The average molecular weight is 535 g/mol. The summed E-state index contributed by atoms with van der Waals surface area (Å²) >= 11 is 0. The van der Waals surface area contributed by atoms with Crippen molar-refractivity contribution in [2.75, 3.05) is 9.80 Å². The van der Waals surface area contributed by atoms with Gasteiger partial charge in [0.25, 0.3) is 0 Å². The molecule has 1 aliphatic carbocycles. The highest BCUT2D eigenvalue weighted by atomic mass is 16.2. The predicted molar refractivity (Wildman–Crippen MR) is 155 cm³/mol. The molecule has 2 aliphatic heterocycles. The first-order valence-electron chi connectivity index (χ1n) is 13.6. The normalized spacial score (nSPS) is 22.9. The number of aryl methyl sites for hydroxylation is 2. The second kappa shape index (κ2) is 8.40.